The second-order valence-corrected chi connectivity index (χ2v) is 11.9. The zero-order valence-electron chi connectivity index (χ0n) is 23.5. The second-order valence-electron chi connectivity index (χ2n) is 11.9. The fourth-order valence-electron chi connectivity index (χ4n) is 6.98. The van der Waals surface area contributed by atoms with Gasteiger partial charge in [0.05, 0.1) is 19.3 Å². The normalized spacial score (nSPS) is 22.2. The molecule has 0 amide bonds. The third kappa shape index (κ3) is 7.11. The van der Waals surface area contributed by atoms with Gasteiger partial charge in [0.25, 0.3) is 0 Å². The lowest BCUT2D eigenvalue weighted by Gasteiger charge is -2.44. The van der Waals surface area contributed by atoms with E-state index in [0.717, 1.165) is 69.3 Å². The maximum absolute atomic E-state index is 11.9. The third-order valence-electron chi connectivity index (χ3n) is 9.37. The Bertz CT molecular complexity index is 957. The maximum atomic E-state index is 11.9. The smallest absolute Gasteiger partial charge is 0.119 e. The molecule has 3 fully saturated rings. The molecule has 2 heterocycles. The minimum absolute atomic E-state index is 0.155. The van der Waals surface area contributed by atoms with Crippen molar-refractivity contribution >= 4 is 0 Å². The highest BCUT2D eigenvalue weighted by molar-refractivity contribution is 5.32. The predicted octanol–water partition coefficient (Wildman–Crippen LogP) is 6.05. The van der Waals surface area contributed by atoms with E-state index in [-0.39, 0.29) is 5.92 Å². The fraction of sp³-hybridized carbons (Fsp3) is 0.636. The molecule has 38 heavy (non-hydrogen) atoms. The Labute approximate surface area is 230 Å². The monoisotopic (exact) mass is 520 g/mol. The van der Waals surface area contributed by atoms with Crippen LogP contribution in [0.1, 0.15) is 81.3 Å². The van der Waals surface area contributed by atoms with Crippen molar-refractivity contribution in [3.63, 3.8) is 0 Å². The zero-order valence-corrected chi connectivity index (χ0v) is 23.5. The minimum atomic E-state index is -0.599. The molecule has 1 N–H and O–H groups in total. The Balaban J connectivity index is 1.19. The summed E-state index contributed by atoms with van der Waals surface area (Å²) in [6.07, 6.45) is 12.9. The first-order valence-electron chi connectivity index (χ1n) is 15.2. The van der Waals surface area contributed by atoms with Crippen molar-refractivity contribution in [2.75, 3.05) is 46.4 Å². The molecule has 5 nitrogen and oxygen atoms in total. The van der Waals surface area contributed by atoms with Crippen LogP contribution in [-0.2, 0) is 6.42 Å². The van der Waals surface area contributed by atoms with Crippen molar-refractivity contribution in [3.05, 3.63) is 59.7 Å². The van der Waals surface area contributed by atoms with Crippen LogP contribution in [0, 0.1) is 0 Å². The molecule has 2 aromatic rings. The van der Waals surface area contributed by atoms with Crippen molar-refractivity contribution in [2.45, 2.75) is 88.2 Å². The van der Waals surface area contributed by atoms with Crippen LogP contribution in [0.5, 0.6) is 11.5 Å². The van der Waals surface area contributed by atoms with Crippen LogP contribution in [0.25, 0.3) is 0 Å². The quantitative estimate of drug-likeness (QED) is 0.413. The Hall–Kier alpha value is -2.08. The number of aliphatic hydroxyl groups is 1. The van der Waals surface area contributed by atoms with Crippen LogP contribution in [0.2, 0.25) is 0 Å². The van der Waals surface area contributed by atoms with Crippen molar-refractivity contribution < 1.29 is 14.6 Å². The van der Waals surface area contributed by atoms with Crippen LogP contribution in [0.15, 0.2) is 48.5 Å². The molecule has 0 aromatic heterocycles. The van der Waals surface area contributed by atoms with Gasteiger partial charge in [-0.2, -0.15) is 0 Å². The van der Waals surface area contributed by atoms with Gasteiger partial charge in [0, 0.05) is 24.9 Å². The molecule has 2 saturated heterocycles. The van der Waals surface area contributed by atoms with Crippen LogP contribution in [-0.4, -0.2) is 73.0 Å². The summed E-state index contributed by atoms with van der Waals surface area (Å²) in [7, 11) is 1.69. The van der Waals surface area contributed by atoms with Crippen molar-refractivity contribution in [1.29, 1.82) is 0 Å². The molecule has 2 aromatic carbocycles. The van der Waals surface area contributed by atoms with Gasteiger partial charge in [-0.3, -0.25) is 0 Å². The molecule has 0 bridgehead atoms. The van der Waals surface area contributed by atoms with E-state index in [4.69, 9.17) is 9.47 Å². The van der Waals surface area contributed by atoms with Gasteiger partial charge in [0.15, 0.2) is 0 Å². The first-order chi connectivity index (χ1) is 18.6. The highest BCUT2D eigenvalue weighted by Crippen LogP contribution is 2.41. The Morgan fingerprint density at radius 2 is 1.45 bits per heavy atom. The molecule has 0 radical (unpaired) electrons. The molecule has 1 unspecified atom stereocenters. The average Bonchev–Trinajstić information content (AvgIpc) is 2.98. The van der Waals surface area contributed by atoms with Gasteiger partial charge in [0.1, 0.15) is 11.5 Å². The van der Waals surface area contributed by atoms with E-state index in [1.807, 2.05) is 12.1 Å². The van der Waals surface area contributed by atoms with E-state index in [1.54, 1.807) is 7.11 Å². The summed E-state index contributed by atoms with van der Waals surface area (Å²) in [5.74, 6) is 1.94. The van der Waals surface area contributed by atoms with Gasteiger partial charge in [-0.25, -0.2) is 0 Å². The number of rotatable bonds is 10. The summed E-state index contributed by atoms with van der Waals surface area (Å²) in [5, 5.41) is 11.9. The van der Waals surface area contributed by atoms with Gasteiger partial charge in [-0.05, 0) is 100 Å². The van der Waals surface area contributed by atoms with E-state index in [2.05, 4.69) is 46.2 Å². The molecular formula is C33H48N2O3. The van der Waals surface area contributed by atoms with Gasteiger partial charge >= 0.3 is 0 Å². The second kappa shape index (κ2) is 13.3. The summed E-state index contributed by atoms with van der Waals surface area (Å²) >= 11 is 0. The number of benzene rings is 2. The highest BCUT2D eigenvalue weighted by Gasteiger charge is 2.40. The van der Waals surface area contributed by atoms with Gasteiger partial charge in [-0.15, -0.1) is 0 Å². The number of hydrogen-bond acceptors (Lipinski definition) is 5. The topological polar surface area (TPSA) is 45.2 Å². The standard InChI is InChI=1S/C33H48N2O3/c1-37-30-12-8-27(9-13-30)18-25-38-31-14-10-28(11-15-31)32(33(36)19-4-2-5-20-33)26-34-23-16-29(17-24-34)35-21-6-3-7-22-35/h8-15,29,32,36H,2-7,16-26H2,1H3. The van der Waals surface area contributed by atoms with Crippen LogP contribution < -0.4 is 9.47 Å². The maximum Gasteiger partial charge on any atom is 0.119 e. The average molecular weight is 521 g/mol. The highest BCUT2D eigenvalue weighted by atomic mass is 16.5. The number of piperidine rings is 2. The summed E-state index contributed by atoms with van der Waals surface area (Å²) < 4.78 is 11.3. The molecule has 2 aliphatic heterocycles. The molecule has 0 spiro atoms. The van der Waals surface area contributed by atoms with E-state index < -0.39 is 5.60 Å². The molecule has 208 valence electrons. The SMILES string of the molecule is COc1ccc(CCOc2ccc(C(CN3CCC(N4CCCCC4)CC3)C3(O)CCCCC3)cc2)cc1. The number of nitrogens with zero attached hydrogens (tertiary/aromatic N) is 2. The molecule has 5 rings (SSSR count). The Morgan fingerprint density at radius 3 is 2.11 bits per heavy atom. The Morgan fingerprint density at radius 1 is 0.816 bits per heavy atom. The number of methoxy groups -OCH3 is 1. The summed E-state index contributed by atoms with van der Waals surface area (Å²) in [6.45, 7) is 6.50. The third-order valence-corrected chi connectivity index (χ3v) is 9.37. The van der Waals surface area contributed by atoms with E-state index in [1.165, 1.54) is 62.7 Å². The largest absolute Gasteiger partial charge is 0.497 e. The van der Waals surface area contributed by atoms with Crippen LogP contribution >= 0.6 is 0 Å². The first-order valence-corrected chi connectivity index (χ1v) is 15.2. The summed E-state index contributed by atoms with van der Waals surface area (Å²) in [6, 6.07) is 17.6. The molecule has 1 atom stereocenters. The van der Waals surface area contributed by atoms with E-state index in [9.17, 15) is 5.11 Å². The van der Waals surface area contributed by atoms with Gasteiger partial charge < -0.3 is 24.4 Å². The lowest BCUT2D eigenvalue weighted by Crippen LogP contribution is -2.50. The molecule has 1 saturated carbocycles. The molecular weight excluding hydrogens is 472 g/mol. The number of ether oxygens (including phenoxy) is 2. The predicted molar refractivity (Wildman–Crippen MR) is 154 cm³/mol. The van der Waals surface area contributed by atoms with Crippen LogP contribution in [0.4, 0.5) is 0 Å². The minimum Gasteiger partial charge on any atom is -0.497 e. The number of likely N-dealkylation sites (tertiary alicyclic amines) is 2. The number of hydrogen-bond donors (Lipinski definition) is 1. The fourth-order valence-corrected chi connectivity index (χ4v) is 6.98. The molecule has 5 heteroatoms. The zero-order chi connectivity index (χ0) is 26.2. The van der Waals surface area contributed by atoms with Crippen LogP contribution in [0.3, 0.4) is 0 Å². The Kier molecular flexibility index (Phi) is 9.63. The van der Waals surface area contributed by atoms with Gasteiger partial charge in [-0.1, -0.05) is 49.9 Å². The lowest BCUT2D eigenvalue weighted by atomic mass is 9.72. The van der Waals surface area contributed by atoms with Crippen molar-refractivity contribution in [1.82, 2.24) is 9.80 Å². The van der Waals surface area contributed by atoms with E-state index in [0.29, 0.717) is 6.61 Å². The lowest BCUT2D eigenvalue weighted by molar-refractivity contribution is -0.0343. The van der Waals surface area contributed by atoms with Crippen molar-refractivity contribution in [3.8, 4) is 11.5 Å². The van der Waals surface area contributed by atoms with Gasteiger partial charge in [0.2, 0.25) is 0 Å². The summed E-state index contributed by atoms with van der Waals surface area (Å²) in [4.78, 5) is 5.39. The molecule has 1 aliphatic carbocycles. The van der Waals surface area contributed by atoms with Crippen molar-refractivity contribution in [2.24, 2.45) is 0 Å². The molecule has 3 aliphatic rings. The first kappa shape index (κ1) is 27.5. The van der Waals surface area contributed by atoms with E-state index >= 15 is 0 Å². The summed E-state index contributed by atoms with van der Waals surface area (Å²) in [5.41, 5.74) is 1.90.